The van der Waals surface area contributed by atoms with Crippen LogP contribution in [0, 0.1) is 6.92 Å². The molecule has 0 aliphatic heterocycles. The first kappa shape index (κ1) is 20.3. The van der Waals surface area contributed by atoms with E-state index in [1.165, 1.54) is 12.1 Å². The Bertz CT molecular complexity index is 1600. The maximum Gasteiger partial charge on any atom is 0.255 e. The van der Waals surface area contributed by atoms with Crippen molar-refractivity contribution < 1.29 is 4.79 Å². The van der Waals surface area contributed by atoms with E-state index >= 15 is 0 Å². The molecule has 5 rings (SSSR count). The molecule has 0 atom stereocenters. The van der Waals surface area contributed by atoms with Gasteiger partial charge in [-0.1, -0.05) is 18.7 Å². The van der Waals surface area contributed by atoms with E-state index in [0.29, 0.717) is 11.4 Å². The molecule has 0 saturated heterocycles. The van der Waals surface area contributed by atoms with Crippen LogP contribution in [0.15, 0.2) is 96.7 Å². The number of rotatable bonds is 4. The Kier molecular flexibility index (Phi) is 5.03. The lowest BCUT2D eigenvalue weighted by Crippen LogP contribution is -2.18. The molecule has 0 bridgehead atoms. The van der Waals surface area contributed by atoms with Crippen molar-refractivity contribution in [3.8, 4) is 16.8 Å². The molecule has 33 heavy (non-hydrogen) atoms. The molecule has 160 valence electrons. The number of amides is 1. The van der Waals surface area contributed by atoms with Gasteiger partial charge in [0.25, 0.3) is 5.56 Å². The van der Waals surface area contributed by atoms with E-state index in [9.17, 15) is 9.59 Å². The third-order valence-electron chi connectivity index (χ3n) is 5.65. The lowest BCUT2D eigenvalue weighted by molar-refractivity contribution is -0.111. The van der Waals surface area contributed by atoms with Gasteiger partial charge in [-0.3, -0.25) is 24.1 Å². The molecule has 5 aromatic rings. The molecule has 3 heterocycles. The van der Waals surface area contributed by atoms with Gasteiger partial charge in [-0.05, 0) is 72.2 Å². The Hall–Kier alpha value is -4.58. The molecule has 0 aliphatic carbocycles. The molecule has 0 spiro atoms. The summed E-state index contributed by atoms with van der Waals surface area (Å²) >= 11 is 0. The predicted molar refractivity (Wildman–Crippen MR) is 132 cm³/mol. The number of carbonyl (C=O) groups is 1. The van der Waals surface area contributed by atoms with Gasteiger partial charge in [0.05, 0.1) is 16.7 Å². The minimum Gasteiger partial charge on any atom is -0.322 e. The maximum absolute atomic E-state index is 13.1. The monoisotopic (exact) mass is 432 g/mol. The van der Waals surface area contributed by atoms with E-state index in [2.05, 4.69) is 21.9 Å². The highest BCUT2D eigenvalue weighted by molar-refractivity contribution is 6.05. The van der Waals surface area contributed by atoms with Crippen molar-refractivity contribution in [2.75, 3.05) is 5.32 Å². The number of aryl methyl sites for hydroxylation is 1. The first-order chi connectivity index (χ1) is 16.0. The number of aromatic nitrogens is 3. The summed E-state index contributed by atoms with van der Waals surface area (Å²) in [5, 5.41) is 4.51. The van der Waals surface area contributed by atoms with Crippen molar-refractivity contribution >= 4 is 33.4 Å². The summed E-state index contributed by atoms with van der Waals surface area (Å²) in [7, 11) is 0. The van der Waals surface area contributed by atoms with E-state index in [1.54, 1.807) is 35.3 Å². The van der Waals surface area contributed by atoms with Crippen LogP contribution in [-0.4, -0.2) is 20.4 Å². The summed E-state index contributed by atoms with van der Waals surface area (Å²) in [6.07, 6.45) is 6.49. The summed E-state index contributed by atoms with van der Waals surface area (Å²) in [4.78, 5) is 33.7. The highest BCUT2D eigenvalue weighted by Gasteiger charge is 2.13. The zero-order chi connectivity index (χ0) is 22.9. The number of carbonyl (C=O) groups excluding carboxylic acids is 1. The van der Waals surface area contributed by atoms with Crippen LogP contribution in [0.3, 0.4) is 0 Å². The van der Waals surface area contributed by atoms with Crippen LogP contribution in [0.1, 0.15) is 5.56 Å². The van der Waals surface area contributed by atoms with E-state index in [4.69, 9.17) is 0 Å². The van der Waals surface area contributed by atoms with Gasteiger partial charge >= 0.3 is 0 Å². The fourth-order valence-electron chi connectivity index (χ4n) is 3.96. The summed E-state index contributed by atoms with van der Waals surface area (Å²) in [6, 6.07) is 18.8. The van der Waals surface area contributed by atoms with E-state index in [-0.39, 0.29) is 11.5 Å². The smallest absolute Gasteiger partial charge is 0.255 e. The number of nitrogens with one attached hydrogen (secondary N) is 1. The van der Waals surface area contributed by atoms with Crippen LogP contribution in [0.5, 0.6) is 0 Å². The van der Waals surface area contributed by atoms with Gasteiger partial charge in [-0.15, -0.1) is 0 Å². The zero-order valence-corrected chi connectivity index (χ0v) is 17.9. The van der Waals surface area contributed by atoms with Gasteiger partial charge < -0.3 is 5.32 Å². The van der Waals surface area contributed by atoms with Crippen LogP contribution >= 0.6 is 0 Å². The van der Waals surface area contributed by atoms with Gasteiger partial charge in [-0.2, -0.15) is 0 Å². The largest absolute Gasteiger partial charge is 0.322 e. The number of hydrogen-bond donors (Lipinski definition) is 1. The molecule has 1 N–H and O–H groups in total. The van der Waals surface area contributed by atoms with Crippen molar-refractivity contribution in [1.29, 1.82) is 0 Å². The highest BCUT2D eigenvalue weighted by Crippen LogP contribution is 2.30. The standard InChI is InChI=1S/C27H20N4O2/c1-3-25(32)30-24-15-21(7-4-17(24)2)31-26(33)9-6-20-16-29-23-8-5-19(14-22(23)27(20)31)18-10-12-28-13-11-18/h3-16H,1H2,2H3,(H,30,32). The fraction of sp³-hybridized carbons (Fsp3) is 0.0370. The average molecular weight is 432 g/mol. The zero-order valence-electron chi connectivity index (χ0n) is 17.9. The van der Waals surface area contributed by atoms with E-state index in [1.807, 2.05) is 49.4 Å². The number of pyridine rings is 3. The fourth-order valence-corrected chi connectivity index (χ4v) is 3.96. The van der Waals surface area contributed by atoms with Crippen LogP contribution in [0.2, 0.25) is 0 Å². The predicted octanol–water partition coefficient (Wildman–Crippen LogP) is 5.03. The first-order valence-corrected chi connectivity index (χ1v) is 10.4. The molecule has 6 heteroatoms. The quantitative estimate of drug-likeness (QED) is 0.319. The van der Waals surface area contributed by atoms with E-state index in [0.717, 1.165) is 38.5 Å². The Morgan fingerprint density at radius 1 is 1.00 bits per heavy atom. The van der Waals surface area contributed by atoms with Gasteiger partial charge in [0, 0.05) is 41.1 Å². The van der Waals surface area contributed by atoms with Gasteiger partial charge in [0.2, 0.25) is 5.91 Å². The second-order valence-corrected chi connectivity index (χ2v) is 7.73. The lowest BCUT2D eigenvalue weighted by atomic mass is 10.0. The minimum atomic E-state index is -0.308. The van der Waals surface area contributed by atoms with Crippen LogP contribution in [-0.2, 0) is 4.79 Å². The second-order valence-electron chi connectivity index (χ2n) is 7.73. The number of anilines is 1. The number of nitrogens with zero attached hydrogens (tertiary/aromatic N) is 3. The average Bonchev–Trinajstić information content (AvgIpc) is 2.85. The van der Waals surface area contributed by atoms with Crippen LogP contribution in [0.4, 0.5) is 5.69 Å². The molecule has 0 radical (unpaired) electrons. The Labute approximate surface area is 189 Å². The molecular weight excluding hydrogens is 412 g/mol. The third-order valence-corrected chi connectivity index (χ3v) is 5.65. The van der Waals surface area contributed by atoms with E-state index < -0.39 is 0 Å². The molecule has 1 amide bonds. The minimum absolute atomic E-state index is 0.172. The first-order valence-electron chi connectivity index (χ1n) is 10.4. The van der Waals surface area contributed by atoms with Gasteiger partial charge in [0.1, 0.15) is 0 Å². The van der Waals surface area contributed by atoms with Gasteiger partial charge in [0.15, 0.2) is 0 Å². The third kappa shape index (κ3) is 3.68. The Morgan fingerprint density at radius 3 is 2.61 bits per heavy atom. The molecule has 0 aliphatic rings. The lowest BCUT2D eigenvalue weighted by Gasteiger charge is -2.15. The van der Waals surface area contributed by atoms with Crippen LogP contribution < -0.4 is 10.9 Å². The molecule has 0 fully saturated rings. The normalized spacial score (nSPS) is 10.9. The maximum atomic E-state index is 13.1. The van der Waals surface area contributed by atoms with Crippen molar-refractivity contribution in [3.63, 3.8) is 0 Å². The van der Waals surface area contributed by atoms with Gasteiger partial charge in [-0.25, -0.2) is 0 Å². The van der Waals surface area contributed by atoms with Crippen LogP contribution in [0.25, 0.3) is 38.6 Å². The number of benzene rings is 2. The summed E-state index contributed by atoms with van der Waals surface area (Å²) < 4.78 is 1.67. The highest BCUT2D eigenvalue weighted by atomic mass is 16.1. The number of fused-ring (bicyclic) bond motifs is 3. The summed E-state index contributed by atoms with van der Waals surface area (Å²) in [6.45, 7) is 5.41. The van der Waals surface area contributed by atoms with Crippen molar-refractivity contribution in [2.45, 2.75) is 6.92 Å². The second kappa shape index (κ2) is 8.16. The molecule has 6 nitrogen and oxygen atoms in total. The SMILES string of the molecule is C=CC(=O)Nc1cc(-n2c(=O)ccc3cnc4ccc(-c5ccncc5)cc4c32)ccc1C. The van der Waals surface area contributed by atoms with Crippen molar-refractivity contribution in [1.82, 2.24) is 14.5 Å². The summed E-state index contributed by atoms with van der Waals surface area (Å²) in [5.74, 6) is -0.308. The Balaban J connectivity index is 1.81. The topological polar surface area (TPSA) is 76.9 Å². The molecule has 3 aromatic heterocycles. The summed E-state index contributed by atoms with van der Waals surface area (Å²) in [5.41, 5.74) is 5.56. The Morgan fingerprint density at radius 2 is 1.82 bits per heavy atom. The molecular formula is C27H20N4O2. The van der Waals surface area contributed by atoms with Crippen molar-refractivity contribution in [2.24, 2.45) is 0 Å². The molecule has 2 aromatic carbocycles. The molecule has 0 saturated carbocycles. The van der Waals surface area contributed by atoms with Crippen molar-refractivity contribution in [3.05, 3.63) is 108 Å². The number of hydrogen-bond acceptors (Lipinski definition) is 4. The molecule has 0 unspecified atom stereocenters.